The quantitative estimate of drug-likeness (QED) is 0.297. The average Bonchev–Trinajstić information content (AvgIpc) is 3.61. The van der Waals surface area contributed by atoms with Crippen LogP contribution in [0.5, 0.6) is 0 Å². The molecule has 0 unspecified atom stereocenters. The predicted octanol–water partition coefficient (Wildman–Crippen LogP) is 3.43. The number of nitrogens with one attached hydrogen (secondary N) is 4. The number of carbonyl (C=O) groups excluding carboxylic acids is 1. The molecule has 1 fully saturated rings. The Morgan fingerprint density at radius 3 is 2.94 bits per heavy atom. The van der Waals surface area contributed by atoms with Crippen LogP contribution in [0.3, 0.4) is 0 Å². The highest BCUT2D eigenvalue weighted by Crippen LogP contribution is 2.30. The molecule has 172 valence electrons. The molecule has 5 heterocycles. The molecule has 4 aromatic heterocycles. The molecule has 10 nitrogen and oxygen atoms in total. The number of imidazole rings is 1. The number of benzene rings is 1. The summed E-state index contributed by atoms with van der Waals surface area (Å²) < 4.78 is 0. The van der Waals surface area contributed by atoms with Gasteiger partial charge in [-0.3, -0.25) is 14.8 Å². The summed E-state index contributed by atoms with van der Waals surface area (Å²) in [4.78, 5) is 32.9. The second kappa shape index (κ2) is 8.84. The second-order valence-electron chi connectivity index (χ2n) is 8.43. The number of H-pyrrole nitrogens is 2. The Morgan fingerprint density at radius 2 is 2.09 bits per heavy atom. The van der Waals surface area contributed by atoms with Gasteiger partial charge in [-0.15, -0.1) is 11.3 Å². The predicted molar refractivity (Wildman–Crippen MR) is 131 cm³/mol. The molecule has 4 N–H and O–H groups in total. The monoisotopic (exact) mass is 473 g/mol. The summed E-state index contributed by atoms with van der Waals surface area (Å²) in [6.07, 6.45) is 8.78. The number of nitrogens with zero attached hydrogens (tertiary/aromatic N) is 5. The van der Waals surface area contributed by atoms with Gasteiger partial charge in [0.25, 0.3) is 5.91 Å². The summed E-state index contributed by atoms with van der Waals surface area (Å²) in [6, 6.07) is 7.99. The van der Waals surface area contributed by atoms with Crippen LogP contribution in [0.2, 0.25) is 0 Å². The fraction of sp³-hybridized carbons (Fsp3) is 0.261. The average molecular weight is 474 g/mol. The Hall–Kier alpha value is -3.83. The van der Waals surface area contributed by atoms with Crippen LogP contribution in [0.1, 0.15) is 28.2 Å². The van der Waals surface area contributed by atoms with Crippen LogP contribution in [0.25, 0.3) is 21.1 Å². The van der Waals surface area contributed by atoms with E-state index in [1.165, 1.54) is 17.7 Å². The maximum atomic E-state index is 13.0. The molecule has 1 amide bonds. The summed E-state index contributed by atoms with van der Waals surface area (Å²) in [6.45, 7) is 2.71. The minimum absolute atomic E-state index is 0.0569. The molecule has 6 rings (SSSR count). The van der Waals surface area contributed by atoms with E-state index in [9.17, 15) is 4.79 Å². The van der Waals surface area contributed by atoms with Crippen molar-refractivity contribution in [2.75, 3.05) is 18.4 Å². The fourth-order valence-electron chi connectivity index (χ4n) is 4.32. The lowest BCUT2D eigenvalue weighted by molar-refractivity contribution is 0.0912. The molecule has 0 aliphatic carbocycles. The smallest absolute Gasteiger partial charge is 0.261 e. The number of anilines is 2. The van der Waals surface area contributed by atoms with Crippen LogP contribution in [-0.4, -0.2) is 60.1 Å². The fourth-order valence-corrected chi connectivity index (χ4v) is 5.22. The van der Waals surface area contributed by atoms with Crippen LogP contribution in [0, 0.1) is 0 Å². The zero-order valence-corrected chi connectivity index (χ0v) is 19.1. The van der Waals surface area contributed by atoms with Crippen molar-refractivity contribution in [3.05, 3.63) is 59.9 Å². The minimum atomic E-state index is -0.0569. The topological polar surface area (TPSA) is 128 Å². The summed E-state index contributed by atoms with van der Waals surface area (Å²) in [7, 11) is 0. The van der Waals surface area contributed by atoms with Gasteiger partial charge in [-0.1, -0.05) is 0 Å². The molecule has 5 aromatic rings. The van der Waals surface area contributed by atoms with E-state index in [1.54, 1.807) is 12.5 Å². The van der Waals surface area contributed by atoms with Crippen molar-refractivity contribution >= 4 is 49.9 Å². The van der Waals surface area contributed by atoms with Crippen LogP contribution >= 0.6 is 11.3 Å². The number of rotatable bonds is 6. The highest BCUT2D eigenvalue weighted by molar-refractivity contribution is 7.20. The number of carbonyl (C=O) groups is 1. The van der Waals surface area contributed by atoms with Gasteiger partial charge in [-0.05, 0) is 37.1 Å². The minimum Gasteiger partial charge on any atom is -0.351 e. The number of piperidine rings is 1. The van der Waals surface area contributed by atoms with Crippen LogP contribution in [0.15, 0.2) is 49.3 Å². The lowest BCUT2D eigenvalue weighted by atomic mass is 10.0. The number of hydrogen-bond donors (Lipinski definition) is 4. The van der Waals surface area contributed by atoms with Crippen molar-refractivity contribution in [2.24, 2.45) is 0 Å². The van der Waals surface area contributed by atoms with E-state index in [-0.39, 0.29) is 11.9 Å². The standard InChI is InChI=1S/C23H23N9OS/c33-22(30-15-3-5-32(6-4-15)11-17-10-24-12-25-17)20-8-18-21(26-13-27-23(18)34-20)29-16-2-1-14-9-28-31-19(14)7-16/h1-2,7-10,12-13,15H,3-6,11H2,(H,24,25)(H,28,31)(H,30,33)(H,26,27,29). The number of aromatic nitrogens is 6. The number of amides is 1. The van der Waals surface area contributed by atoms with E-state index in [1.807, 2.05) is 30.5 Å². The first kappa shape index (κ1) is 20.8. The van der Waals surface area contributed by atoms with Crippen LogP contribution in [-0.2, 0) is 6.54 Å². The summed E-state index contributed by atoms with van der Waals surface area (Å²) in [5.74, 6) is 0.615. The number of hydrogen-bond acceptors (Lipinski definition) is 8. The summed E-state index contributed by atoms with van der Waals surface area (Å²) in [5.41, 5.74) is 2.87. The number of likely N-dealkylation sites (tertiary alicyclic amines) is 1. The van der Waals surface area contributed by atoms with Gasteiger partial charge in [0.05, 0.1) is 34.0 Å². The van der Waals surface area contributed by atoms with E-state index in [2.05, 4.69) is 45.7 Å². The SMILES string of the molecule is O=C(NC1CCN(Cc2c[nH]cn2)CC1)c1cc2c(Nc3ccc4cn[nH]c4c3)ncnc2s1. The molecule has 0 saturated carbocycles. The summed E-state index contributed by atoms with van der Waals surface area (Å²) >= 11 is 1.38. The van der Waals surface area contributed by atoms with E-state index < -0.39 is 0 Å². The Balaban J connectivity index is 1.13. The highest BCUT2D eigenvalue weighted by atomic mass is 32.1. The van der Waals surface area contributed by atoms with Crippen molar-refractivity contribution < 1.29 is 4.79 Å². The largest absolute Gasteiger partial charge is 0.351 e. The number of fused-ring (bicyclic) bond motifs is 2. The van der Waals surface area contributed by atoms with Crippen molar-refractivity contribution in [2.45, 2.75) is 25.4 Å². The van der Waals surface area contributed by atoms with Gasteiger partial charge >= 0.3 is 0 Å². The van der Waals surface area contributed by atoms with E-state index in [0.29, 0.717) is 10.7 Å². The Morgan fingerprint density at radius 1 is 1.18 bits per heavy atom. The number of thiophene rings is 1. The van der Waals surface area contributed by atoms with E-state index >= 15 is 0 Å². The third-order valence-electron chi connectivity index (χ3n) is 6.12. The van der Waals surface area contributed by atoms with Gasteiger partial charge in [0, 0.05) is 42.9 Å². The Kier molecular flexibility index (Phi) is 5.40. The Bertz CT molecular complexity index is 1430. The van der Waals surface area contributed by atoms with Gasteiger partial charge in [0.2, 0.25) is 0 Å². The lowest BCUT2D eigenvalue weighted by Gasteiger charge is -2.31. The van der Waals surface area contributed by atoms with Crippen molar-refractivity contribution in [3.8, 4) is 0 Å². The van der Waals surface area contributed by atoms with Crippen molar-refractivity contribution in [3.63, 3.8) is 0 Å². The van der Waals surface area contributed by atoms with Gasteiger partial charge in [-0.25, -0.2) is 15.0 Å². The Labute approximate surface area is 198 Å². The zero-order chi connectivity index (χ0) is 22.9. The van der Waals surface area contributed by atoms with E-state index in [0.717, 1.165) is 65.0 Å². The van der Waals surface area contributed by atoms with Crippen molar-refractivity contribution in [1.29, 1.82) is 0 Å². The molecular formula is C23H23N9OS. The second-order valence-corrected chi connectivity index (χ2v) is 9.46. The molecule has 1 aromatic carbocycles. The summed E-state index contributed by atoms with van der Waals surface area (Å²) in [5, 5.41) is 15.5. The zero-order valence-electron chi connectivity index (χ0n) is 18.3. The third kappa shape index (κ3) is 4.22. The molecular weight excluding hydrogens is 450 g/mol. The number of aromatic amines is 2. The molecule has 0 bridgehead atoms. The first-order valence-electron chi connectivity index (χ1n) is 11.2. The normalized spacial score (nSPS) is 15.2. The van der Waals surface area contributed by atoms with Gasteiger partial charge in [0.1, 0.15) is 17.0 Å². The third-order valence-corrected chi connectivity index (χ3v) is 7.16. The van der Waals surface area contributed by atoms with Crippen molar-refractivity contribution in [1.82, 2.24) is 40.3 Å². The lowest BCUT2D eigenvalue weighted by Crippen LogP contribution is -2.44. The molecule has 1 aliphatic heterocycles. The molecule has 0 atom stereocenters. The van der Waals surface area contributed by atoms with E-state index in [4.69, 9.17) is 0 Å². The first-order chi connectivity index (χ1) is 16.7. The van der Waals surface area contributed by atoms with Gasteiger partial charge in [0.15, 0.2) is 0 Å². The van der Waals surface area contributed by atoms with Crippen LogP contribution in [0.4, 0.5) is 11.5 Å². The first-order valence-corrected chi connectivity index (χ1v) is 12.0. The molecule has 1 saturated heterocycles. The van der Waals surface area contributed by atoms with Gasteiger partial charge < -0.3 is 15.6 Å². The molecule has 11 heteroatoms. The molecule has 1 aliphatic rings. The highest BCUT2D eigenvalue weighted by Gasteiger charge is 2.23. The maximum absolute atomic E-state index is 13.0. The molecule has 0 spiro atoms. The van der Waals surface area contributed by atoms with Crippen LogP contribution < -0.4 is 10.6 Å². The molecule has 34 heavy (non-hydrogen) atoms. The molecule has 0 radical (unpaired) electrons. The maximum Gasteiger partial charge on any atom is 0.261 e. The van der Waals surface area contributed by atoms with Gasteiger partial charge in [-0.2, -0.15) is 5.10 Å².